The molecule has 1 aromatic rings. The van der Waals surface area contributed by atoms with Crippen LogP contribution >= 0.6 is 0 Å². The van der Waals surface area contributed by atoms with Crippen LogP contribution in [0.3, 0.4) is 0 Å². The van der Waals surface area contributed by atoms with Crippen LogP contribution in [0.1, 0.15) is 11.1 Å². The summed E-state index contributed by atoms with van der Waals surface area (Å²) in [6.07, 6.45) is 2.16. The normalized spacial score (nSPS) is 13.6. The van der Waals surface area contributed by atoms with Crippen molar-refractivity contribution < 1.29 is 9.47 Å². The number of hydrogen-bond donors (Lipinski definition) is 1. The Morgan fingerprint density at radius 2 is 2.20 bits per heavy atom. The number of fused-ring (bicyclic) bond motifs is 1. The highest BCUT2D eigenvalue weighted by Crippen LogP contribution is 2.25. The maximum absolute atomic E-state index is 5.54. The average Bonchev–Trinajstić information content (AvgIpc) is 2.92. The first-order chi connectivity index (χ1) is 9.79. The number of nitrogens with zero attached hydrogens (tertiary/aromatic N) is 1. The number of methoxy groups -OCH3 is 1. The van der Waals surface area contributed by atoms with Gasteiger partial charge in [-0.1, -0.05) is 12.1 Å². The lowest BCUT2D eigenvalue weighted by molar-refractivity contribution is 0.198. The largest absolute Gasteiger partial charge is 0.493 e. The molecule has 20 heavy (non-hydrogen) atoms. The maximum Gasteiger partial charge on any atom is 0.122 e. The molecule has 0 aliphatic carbocycles. The van der Waals surface area contributed by atoms with Crippen LogP contribution in [0.2, 0.25) is 0 Å². The lowest BCUT2D eigenvalue weighted by Crippen LogP contribution is -2.32. The Bertz CT molecular complexity index is 409. The predicted molar refractivity (Wildman–Crippen MR) is 81.6 cm³/mol. The molecule has 1 aliphatic rings. The first-order valence-corrected chi connectivity index (χ1v) is 7.42. The summed E-state index contributed by atoms with van der Waals surface area (Å²) < 4.78 is 10.5. The maximum atomic E-state index is 5.54. The van der Waals surface area contributed by atoms with E-state index in [0.29, 0.717) is 0 Å². The van der Waals surface area contributed by atoms with Gasteiger partial charge in [0.1, 0.15) is 5.75 Å². The highest BCUT2D eigenvalue weighted by atomic mass is 16.5. The van der Waals surface area contributed by atoms with Gasteiger partial charge < -0.3 is 19.7 Å². The Hall–Kier alpha value is -1.10. The standard InChI is InChI=1S/C16H26N2O2/c1-18(10-7-17-8-12-19-2)9-5-14-3-4-16-15(13-14)6-11-20-16/h3-4,13,17H,5-12H2,1-2H3. The predicted octanol–water partition coefficient (Wildman–Crippen LogP) is 1.33. The van der Waals surface area contributed by atoms with Crippen molar-refractivity contribution in [3.8, 4) is 5.75 Å². The van der Waals surface area contributed by atoms with Crippen molar-refractivity contribution >= 4 is 0 Å². The molecule has 4 nitrogen and oxygen atoms in total. The van der Waals surface area contributed by atoms with Gasteiger partial charge in [-0.15, -0.1) is 0 Å². The number of benzene rings is 1. The minimum absolute atomic E-state index is 0.779. The summed E-state index contributed by atoms with van der Waals surface area (Å²) in [6.45, 7) is 5.71. The highest BCUT2D eigenvalue weighted by molar-refractivity contribution is 5.39. The lowest BCUT2D eigenvalue weighted by atomic mass is 10.1. The molecule has 0 spiro atoms. The van der Waals surface area contributed by atoms with Gasteiger partial charge in [0.2, 0.25) is 0 Å². The van der Waals surface area contributed by atoms with Gasteiger partial charge in [0, 0.05) is 39.7 Å². The third-order valence-corrected chi connectivity index (χ3v) is 3.69. The number of ether oxygens (including phenoxy) is 2. The molecule has 0 aromatic heterocycles. The van der Waals surface area contributed by atoms with Gasteiger partial charge in [-0.3, -0.25) is 0 Å². The van der Waals surface area contributed by atoms with Gasteiger partial charge >= 0.3 is 0 Å². The molecule has 1 N–H and O–H groups in total. The van der Waals surface area contributed by atoms with Crippen molar-refractivity contribution in [2.45, 2.75) is 12.8 Å². The van der Waals surface area contributed by atoms with Gasteiger partial charge in [0.25, 0.3) is 0 Å². The Labute approximate surface area is 122 Å². The average molecular weight is 278 g/mol. The zero-order valence-electron chi connectivity index (χ0n) is 12.7. The van der Waals surface area contributed by atoms with Crippen molar-refractivity contribution in [1.82, 2.24) is 10.2 Å². The molecule has 0 atom stereocenters. The van der Waals surface area contributed by atoms with E-state index >= 15 is 0 Å². The van der Waals surface area contributed by atoms with Crippen LogP contribution < -0.4 is 10.1 Å². The summed E-state index contributed by atoms with van der Waals surface area (Å²) in [4.78, 5) is 2.36. The fourth-order valence-corrected chi connectivity index (χ4v) is 2.40. The van der Waals surface area contributed by atoms with E-state index in [1.807, 2.05) is 0 Å². The minimum atomic E-state index is 0.779. The summed E-state index contributed by atoms with van der Waals surface area (Å²) >= 11 is 0. The van der Waals surface area contributed by atoms with Gasteiger partial charge in [-0.05, 0) is 30.7 Å². The first-order valence-electron chi connectivity index (χ1n) is 7.42. The summed E-state index contributed by atoms with van der Waals surface area (Å²) in [5.74, 6) is 1.07. The van der Waals surface area contributed by atoms with E-state index in [4.69, 9.17) is 9.47 Å². The van der Waals surface area contributed by atoms with Crippen molar-refractivity contribution in [2.24, 2.45) is 0 Å². The molecule has 1 aromatic carbocycles. The molecule has 1 aliphatic heterocycles. The Morgan fingerprint density at radius 1 is 1.30 bits per heavy atom. The second kappa shape index (κ2) is 8.25. The summed E-state index contributed by atoms with van der Waals surface area (Å²) in [6, 6.07) is 6.60. The van der Waals surface area contributed by atoms with E-state index in [0.717, 1.165) is 58.0 Å². The molecule has 2 rings (SSSR count). The number of likely N-dealkylation sites (N-methyl/N-ethyl adjacent to an activating group) is 1. The fourth-order valence-electron chi connectivity index (χ4n) is 2.40. The van der Waals surface area contributed by atoms with Crippen LogP contribution in [-0.4, -0.2) is 58.5 Å². The molecule has 0 saturated carbocycles. The van der Waals surface area contributed by atoms with Gasteiger partial charge in [-0.25, -0.2) is 0 Å². The quantitative estimate of drug-likeness (QED) is 0.691. The molecule has 0 amide bonds. The molecule has 4 heteroatoms. The van der Waals surface area contributed by atoms with E-state index in [1.165, 1.54) is 11.1 Å². The van der Waals surface area contributed by atoms with Crippen molar-refractivity contribution in [3.63, 3.8) is 0 Å². The number of hydrogen-bond acceptors (Lipinski definition) is 4. The Morgan fingerprint density at radius 3 is 3.05 bits per heavy atom. The van der Waals surface area contributed by atoms with Crippen LogP contribution in [0.15, 0.2) is 18.2 Å². The second-order valence-electron chi connectivity index (χ2n) is 5.34. The zero-order valence-corrected chi connectivity index (χ0v) is 12.7. The van der Waals surface area contributed by atoms with Crippen LogP contribution in [0.4, 0.5) is 0 Å². The van der Waals surface area contributed by atoms with Gasteiger partial charge in [-0.2, -0.15) is 0 Å². The van der Waals surface area contributed by atoms with E-state index in [-0.39, 0.29) is 0 Å². The SMILES string of the molecule is COCCNCCN(C)CCc1ccc2c(c1)CCO2. The molecule has 0 radical (unpaired) electrons. The highest BCUT2D eigenvalue weighted by Gasteiger charge is 2.11. The molecule has 1 heterocycles. The lowest BCUT2D eigenvalue weighted by Gasteiger charge is -2.17. The molecule has 0 fully saturated rings. The molecular formula is C16H26N2O2. The van der Waals surface area contributed by atoms with E-state index in [9.17, 15) is 0 Å². The second-order valence-corrected chi connectivity index (χ2v) is 5.34. The van der Waals surface area contributed by atoms with E-state index in [1.54, 1.807) is 7.11 Å². The Balaban J connectivity index is 1.64. The van der Waals surface area contributed by atoms with Crippen LogP contribution in [0.5, 0.6) is 5.75 Å². The molecule has 0 saturated heterocycles. The van der Waals surface area contributed by atoms with E-state index in [2.05, 4.69) is 35.5 Å². The Kier molecular flexibility index (Phi) is 6.30. The fraction of sp³-hybridized carbons (Fsp3) is 0.625. The first kappa shape index (κ1) is 15.3. The summed E-state index contributed by atoms with van der Waals surface area (Å²) in [7, 11) is 3.91. The van der Waals surface area contributed by atoms with Crippen molar-refractivity contribution in [2.75, 3.05) is 53.6 Å². The molecule has 0 unspecified atom stereocenters. The summed E-state index contributed by atoms with van der Waals surface area (Å²) in [5, 5.41) is 3.37. The minimum Gasteiger partial charge on any atom is -0.493 e. The number of nitrogens with one attached hydrogen (secondary N) is 1. The van der Waals surface area contributed by atoms with Gasteiger partial charge in [0.15, 0.2) is 0 Å². The smallest absolute Gasteiger partial charge is 0.122 e. The number of rotatable bonds is 9. The van der Waals surface area contributed by atoms with Crippen LogP contribution in [-0.2, 0) is 17.6 Å². The third-order valence-electron chi connectivity index (χ3n) is 3.69. The topological polar surface area (TPSA) is 33.7 Å². The van der Waals surface area contributed by atoms with Crippen LogP contribution in [0.25, 0.3) is 0 Å². The monoisotopic (exact) mass is 278 g/mol. The van der Waals surface area contributed by atoms with Crippen LogP contribution in [0, 0.1) is 0 Å². The molecule has 112 valence electrons. The van der Waals surface area contributed by atoms with Crippen molar-refractivity contribution in [1.29, 1.82) is 0 Å². The van der Waals surface area contributed by atoms with Crippen molar-refractivity contribution in [3.05, 3.63) is 29.3 Å². The molecular weight excluding hydrogens is 252 g/mol. The zero-order chi connectivity index (χ0) is 14.2. The molecule has 0 bridgehead atoms. The third kappa shape index (κ3) is 4.78. The summed E-state index contributed by atoms with van der Waals surface area (Å²) in [5.41, 5.74) is 2.78. The van der Waals surface area contributed by atoms with Gasteiger partial charge in [0.05, 0.1) is 13.2 Å². The van der Waals surface area contributed by atoms with E-state index < -0.39 is 0 Å².